The highest BCUT2D eigenvalue weighted by molar-refractivity contribution is 6.00. The molecule has 10 heteroatoms. The lowest BCUT2D eigenvalue weighted by Crippen LogP contribution is -2.44. The molecule has 1 unspecified atom stereocenters. The number of para-hydroxylation sites is 1. The summed E-state index contributed by atoms with van der Waals surface area (Å²) in [6.07, 6.45) is -0.0598. The van der Waals surface area contributed by atoms with Crippen LogP contribution in [0, 0.1) is 11.8 Å². The molecule has 3 amide bonds. The number of fused-ring (bicyclic) bond motifs is 1. The van der Waals surface area contributed by atoms with Gasteiger partial charge < -0.3 is 14.7 Å². The number of imidazole rings is 1. The maximum absolute atomic E-state index is 12.9. The molecule has 0 spiro atoms. The average molecular weight is 426 g/mol. The van der Waals surface area contributed by atoms with Crippen molar-refractivity contribution in [2.75, 3.05) is 19.7 Å². The Balaban J connectivity index is 1.56. The number of nitrogens with zero attached hydrogens (tertiary/aromatic N) is 3. The zero-order valence-electron chi connectivity index (χ0n) is 17.0. The van der Waals surface area contributed by atoms with Gasteiger partial charge in [-0.05, 0) is 25.0 Å². The lowest BCUT2D eigenvalue weighted by Gasteiger charge is -2.21. The summed E-state index contributed by atoms with van der Waals surface area (Å²) in [7, 11) is 1.62. The highest BCUT2D eigenvalue weighted by Crippen LogP contribution is 2.24. The largest absolute Gasteiger partial charge is 0.465 e. The van der Waals surface area contributed by atoms with E-state index in [1.54, 1.807) is 25.2 Å². The number of ether oxygens (including phenoxy) is 1. The normalized spacial score (nSPS) is 21.1. The van der Waals surface area contributed by atoms with Crippen LogP contribution in [-0.2, 0) is 21.4 Å². The summed E-state index contributed by atoms with van der Waals surface area (Å²) >= 11 is 0. The summed E-state index contributed by atoms with van der Waals surface area (Å²) in [5, 5.41) is 11.3. The number of carboxylic acid groups (broad SMARTS) is 1. The van der Waals surface area contributed by atoms with Crippen LogP contribution < -0.4 is 11.0 Å². The summed E-state index contributed by atoms with van der Waals surface area (Å²) in [5.74, 6) is 5.12. The predicted octanol–water partition coefficient (Wildman–Crippen LogP) is 0.438. The fourth-order valence-corrected chi connectivity index (χ4v) is 4.10. The van der Waals surface area contributed by atoms with E-state index in [0.29, 0.717) is 36.1 Å². The first-order chi connectivity index (χ1) is 14.9. The van der Waals surface area contributed by atoms with Crippen LogP contribution in [0.5, 0.6) is 0 Å². The molecule has 0 radical (unpaired) electrons. The van der Waals surface area contributed by atoms with Crippen molar-refractivity contribution >= 4 is 28.9 Å². The number of aryl methyl sites for hydroxylation is 1. The minimum absolute atomic E-state index is 0.135. The molecule has 31 heavy (non-hydrogen) atoms. The van der Waals surface area contributed by atoms with Crippen molar-refractivity contribution in [2.45, 2.75) is 31.4 Å². The molecule has 10 nitrogen and oxygen atoms in total. The molecule has 4 rings (SSSR count). The number of amides is 3. The lowest BCUT2D eigenvalue weighted by molar-refractivity contribution is -0.135. The van der Waals surface area contributed by atoms with Crippen molar-refractivity contribution in [2.24, 2.45) is 7.05 Å². The minimum Gasteiger partial charge on any atom is -0.465 e. The maximum atomic E-state index is 12.9. The SMILES string of the molecule is Cn1c(=O)n(C2CCC(=O)NC2=O)c2cccc(C#CCO[C@H]3CCN(C(=O)O)C3)c21. The third-order valence-electron chi connectivity index (χ3n) is 5.65. The molecular weight excluding hydrogens is 404 g/mol. The molecule has 2 aliphatic heterocycles. The smallest absolute Gasteiger partial charge is 0.407 e. The van der Waals surface area contributed by atoms with Crippen molar-refractivity contribution in [3.05, 3.63) is 34.2 Å². The number of nitrogens with one attached hydrogen (secondary N) is 1. The Bertz CT molecular complexity index is 1180. The van der Waals surface area contributed by atoms with Crippen LogP contribution >= 0.6 is 0 Å². The third kappa shape index (κ3) is 3.92. The van der Waals surface area contributed by atoms with Gasteiger partial charge in [-0.1, -0.05) is 17.9 Å². The Morgan fingerprint density at radius 3 is 2.81 bits per heavy atom. The molecule has 2 aromatic rings. The Morgan fingerprint density at radius 2 is 2.10 bits per heavy atom. The van der Waals surface area contributed by atoms with Gasteiger partial charge in [-0.2, -0.15) is 0 Å². The van der Waals surface area contributed by atoms with Crippen molar-refractivity contribution in [3.8, 4) is 11.8 Å². The average Bonchev–Trinajstić information content (AvgIpc) is 3.30. The molecule has 1 aromatic heterocycles. The standard InChI is InChI=1S/C21H22N4O6/c1-23-18-13(5-3-11-31-14-9-10-24(12-14)21(29)30)4-2-6-15(18)25(20(23)28)16-7-8-17(26)22-19(16)27/h2,4,6,14,16H,7-12H2,1H3,(H,29,30)(H,22,26,27)/t14-,16?/m0/s1. The number of piperidine rings is 1. The highest BCUT2D eigenvalue weighted by atomic mass is 16.5. The molecule has 2 N–H and O–H groups in total. The van der Waals surface area contributed by atoms with Gasteiger partial charge in [0, 0.05) is 20.0 Å². The first-order valence-corrected chi connectivity index (χ1v) is 9.98. The van der Waals surface area contributed by atoms with E-state index in [4.69, 9.17) is 9.84 Å². The van der Waals surface area contributed by atoms with Crippen molar-refractivity contribution in [3.63, 3.8) is 0 Å². The van der Waals surface area contributed by atoms with Crippen molar-refractivity contribution in [1.29, 1.82) is 0 Å². The summed E-state index contributed by atoms with van der Waals surface area (Å²) in [4.78, 5) is 49.0. The topological polar surface area (TPSA) is 123 Å². The molecule has 2 aliphatic rings. The maximum Gasteiger partial charge on any atom is 0.407 e. The summed E-state index contributed by atoms with van der Waals surface area (Å²) in [6.45, 7) is 0.912. The van der Waals surface area contributed by atoms with Crippen LogP contribution in [-0.4, -0.2) is 62.8 Å². The number of imide groups is 1. The Hall–Kier alpha value is -3.58. The second-order valence-corrected chi connectivity index (χ2v) is 7.60. The van der Waals surface area contributed by atoms with E-state index in [0.717, 1.165) is 0 Å². The number of benzene rings is 1. The Kier molecular flexibility index (Phi) is 5.52. The van der Waals surface area contributed by atoms with E-state index in [9.17, 15) is 19.2 Å². The summed E-state index contributed by atoms with van der Waals surface area (Å²) < 4.78 is 8.52. The van der Waals surface area contributed by atoms with Gasteiger partial charge in [0.2, 0.25) is 11.8 Å². The number of rotatable bonds is 3. The number of hydrogen-bond donors (Lipinski definition) is 2. The van der Waals surface area contributed by atoms with Gasteiger partial charge in [0.05, 0.1) is 29.2 Å². The summed E-state index contributed by atoms with van der Waals surface area (Å²) in [5.41, 5.74) is 1.44. The van der Waals surface area contributed by atoms with E-state index in [-0.39, 0.29) is 37.1 Å². The predicted molar refractivity (Wildman–Crippen MR) is 109 cm³/mol. The number of aromatic nitrogens is 2. The van der Waals surface area contributed by atoms with E-state index in [2.05, 4.69) is 17.2 Å². The van der Waals surface area contributed by atoms with E-state index >= 15 is 0 Å². The van der Waals surface area contributed by atoms with Gasteiger partial charge in [-0.25, -0.2) is 9.59 Å². The molecule has 0 saturated carbocycles. The molecule has 2 saturated heterocycles. The van der Waals surface area contributed by atoms with Gasteiger partial charge in [0.15, 0.2) is 0 Å². The lowest BCUT2D eigenvalue weighted by atomic mass is 10.1. The Morgan fingerprint density at radius 1 is 1.29 bits per heavy atom. The second kappa shape index (κ2) is 8.28. The van der Waals surface area contributed by atoms with Crippen LogP contribution in [0.1, 0.15) is 30.9 Å². The minimum atomic E-state index is -0.953. The highest BCUT2D eigenvalue weighted by Gasteiger charge is 2.31. The number of carbonyl (C=O) groups excluding carboxylic acids is 2. The monoisotopic (exact) mass is 426 g/mol. The number of hydrogen-bond acceptors (Lipinski definition) is 5. The van der Waals surface area contributed by atoms with E-state index in [1.165, 1.54) is 14.0 Å². The summed E-state index contributed by atoms with van der Waals surface area (Å²) in [6, 6.07) is 4.54. The molecule has 2 fully saturated rings. The Labute approximate surface area is 177 Å². The first-order valence-electron chi connectivity index (χ1n) is 9.98. The van der Waals surface area contributed by atoms with Crippen molar-refractivity contribution < 1.29 is 24.2 Å². The molecule has 2 atom stereocenters. The number of carbonyl (C=O) groups is 3. The van der Waals surface area contributed by atoms with Gasteiger partial charge in [-0.15, -0.1) is 0 Å². The van der Waals surface area contributed by atoms with Gasteiger partial charge >= 0.3 is 11.8 Å². The molecule has 162 valence electrons. The van der Waals surface area contributed by atoms with Crippen LogP contribution in [0.25, 0.3) is 11.0 Å². The van der Waals surface area contributed by atoms with Crippen LogP contribution in [0.2, 0.25) is 0 Å². The number of likely N-dealkylation sites (tertiary alicyclic amines) is 1. The molecule has 3 heterocycles. The van der Waals surface area contributed by atoms with Crippen molar-refractivity contribution in [1.82, 2.24) is 19.4 Å². The van der Waals surface area contributed by atoms with Gasteiger partial charge in [0.25, 0.3) is 0 Å². The van der Waals surface area contributed by atoms with Gasteiger partial charge in [0.1, 0.15) is 12.6 Å². The fourth-order valence-electron chi connectivity index (χ4n) is 4.10. The van der Waals surface area contributed by atoms with Gasteiger partial charge in [-0.3, -0.25) is 24.0 Å². The molecular formula is C21H22N4O6. The third-order valence-corrected chi connectivity index (χ3v) is 5.65. The van der Waals surface area contributed by atoms with Crippen LogP contribution in [0.3, 0.4) is 0 Å². The quantitative estimate of drug-likeness (QED) is 0.542. The van der Waals surface area contributed by atoms with Crippen LogP contribution in [0.15, 0.2) is 23.0 Å². The molecule has 0 bridgehead atoms. The zero-order valence-corrected chi connectivity index (χ0v) is 17.0. The van der Waals surface area contributed by atoms with E-state index in [1.807, 2.05) is 0 Å². The first kappa shape index (κ1) is 20.7. The fraction of sp³-hybridized carbons (Fsp3) is 0.429. The zero-order chi connectivity index (χ0) is 22.1. The van der Waals surface area contributed by atoms with E-state index < -0.39 is 18.0 Å². The molecule has 0 aliphatic carbocycles. The molecule has 1 aromatic carbocycles. The second-order valence-electron chi connectivity index (χ2n) is 7.60. The van der Waals surface area contributed by atoms with Crippen LogP contribution in [0.4, 0.5) is 4.79 Å².